The SMILES string of the molecule is O=C(CCNS(=O)(=O)c1ccc2ccccc2c1)NCc1ccccc1F. The lowest BCUT2D eigenvalue weighted by Crippen LogP contribution is -2.30. The fourth-order valence-corrected chi connectivity index (χ4v) is 3.71. The molecule has 3 aromatic rings. The molecule has 27 heavy (non-hydrogen) atoms. The quantitative estimate of drug-likeness (QED) is 0.656. The van der Waals surface area contributed by atoms with E-state index in [-0.39, 0.29) is 30.3 Å². The maximum Gasteiger partial charge on any atom is 0.240 e. The predicted molar refractivity (Wildman–Crippen MR) is 102 cm³/mol. The first-order chi connectivity index (χ1) is 13.0. The van der Waals surface area contributed by atoms with Crippen LogP contribution >= 0.6 is 0 Å². The van der Waals surface area contributed by atoms with E-state index in [1.807, 2.05) is 24.3 Å². The second kappa shape index (κ2) is 8.28. The van der Waals surface area contributed by atoms with E-state index in [9.17, 15) is 17.6 Å². The lowest BCUT2D eigenvalue weighted by atomic mass is 10.1. The van der Waals surface area contributed by atoms with Crippen LogP contribution in [0.1, 0.15) is 12.0 Å². The van der Waals surface area contributed by atoms with Crippen LogP contribution < -0.4 is 10.0 Å². The molecular weight excluding hydrogens is 367 g/mol. The summed E-state index contributed by atoms with van der Waals surface area (Å²) in [7, 11) is -3.71. The van der Waals surface area contributed by atoms with Crippen molar-refractivity contribution in [2.75, 3.05) is 6.54 Å². The Morgan fingerprint density at radius 3 is 2.41 bits per heavy atom. The van der Waals surface area contributed by atoms with Crippen molar-refractivity contribution in [2.45, 2.75) is 17.9 Å². The van der Waals surface area contributed by atoms with Gasteiger partial charge in [-0.1, -0.05) is 48.5 Å². The van der Waals surface area contributed by atoms with Gasteiger partial charge < -0.3 is 5.32 Å². The highest BCUT2D eigenvalue weighted by molar-refractivity contribution is 7.89. The van der Waals surface area contributed by atoms with Crippen LogP contribution in [0.5, 0.6) is 0 Å². The minimum absolute atomic E-state index is 0.0404. The minimum atomic E-state index is -3.71. The molecule has 0 aliphatic rings. The molecule has 0 saturated carbocycles. The Kier molecular flexibility index (Phi) is 5.83. The summed E-state index contributed by atoms with van der Waals surface area (Å²) in [5.74, 6) is -0.755. The maximum absolute atomic E-state index is 13.5. The van der Waals surface area contributed by atoms with E-state index in [1.54, 1.807) is 30.3 Å². The average molecular weight is 386 g/mol. The summed E-state index contributed by atoms with van der Waals surface area (Å²) in [6.45, 7) is 0.0151. The summed E-state index contributed by atoms with van der Waals surface area (Å²) >= 11 is 0. The fraction of sp³-hybridized carbons (Fsp3) is 0.150. The van der Waals surface area contributed by atoms with Gasteiger partial charge in [-0.15, -0.1) is 0 Å². The molecule has 2 N–H and O–H groups in total. The molecule has 0 aliphatic carbocycles. The highest BCUT2D eigenvalue weighted by atomic mass is 32.2. The number of hydrogen-bond acceptors (Lipinski definition) is 3. The molecule has 5 nitrogen and oxygen atoms in total. The lowest BCUT2D eigenvalue weighted by molar-refractivity contribution is -0.121. The van der Waals surface area contributed by atoms with Crippen molar-refractivity contribution in [3.63, 3.8) is 0 Å². The number of nitrogens with one attached hydrogen (secondary N) is 2. The normalized spacial score (nSPS) is 11.4. The first kappa shape index (κ1) is 19.0. The van der Waals surface area contributed by atoms with Crippen LogP contribution in [0.15, 0.2) is 71.6 Å². The Bertz CT molecular complexity index is 1070. The Morgan fingerprint density at radius 1 is 0.926 bits per heavy atom. The van der Waals surface area contributed by atoms with E-state index < -0.39 is 15.8 Å². The third-order valence-electron chi connectivity index (χ3n) is 4.11. The standard InChI is InChI=1S/C20H19FN2O3S/c21-19-8-4-3-7-17(19)14-22-20(24)11-12-23-27(25,26)18-10-9-15-5-1-2-6-16(15)13-18/h1-10,13,23H,11-12,14H2,(H,22,24). The van der Waals surface area contributed by atoms with Crippen LogP contribution in [0.2, 0.25) is 0 Å². The van der Waals surface area contributed by atoms with Crippen molar-refractivity contribution in [3.8, 4) is 0 Å². The number of halogens is 1. The molecule has 0 aliphatic heterocycles. The van der Waals surface area contributed by atoms with Crippen LogP contribution in [0, 0.1) is 5.82 Å². The van der Waals surface area contributed by atoms with Gasteiger partial charge in [0.2, 0.25) is 15.9 Å². The van der Waals surface area contributed by atoms with Gasteiger partial charge in [-0.25, -0.2) is 17.5 Å². The number of rotatable bonds is 7. The molecule has 3 aromatic carbocycles. The molecule has 0 heterocycles. The van der Waals surface area contributed by atoms with Gasteiger partial charge in [0.1, 0.15) is 5.82 Å². The van der Waals surface area contributed by atoms with Crippen molar-refractivity contribution in [3.05, 3.63) is 78.1 Å². The number of carbonyl (C=O) groups is 1. The van der Waals surface area contributed by atoms with Gasteiger partial charge in [-0.3, -0.25) is 4.79 Å². The summed E-state index contributed by atoms with van der Waals surface area (Å²) in [5, 5.41) is 4.35. The second-order valence-corrected chi connectivity index (χ2v) is 7.79. The molecule has 0 fully saturated rings. The fourth-order valence-electron chi connectivity index (χ4n) is 2.64. The van der Waals surface area contributed by atoms with Crippen molar-refractivity contribution in [1.82, 2.24) is 10.0 Å². The number of amides is 1. The Balaban J connectivity index is 1.53. The van der Waals surface area contributed by atoms with E-state index in [1.165, 1.54) is 12.1 Å². The monoisotopic (exact) mass is 386 g/mol. The zero-order chi connectivity index (χ0) is 19.3. The number of benzene rings is 3. The smallest absolute Gasteiger partial charge is 0.240 e. The highest BCUT2D eigenvalue weighted by Crippen LogP contribution is 2.18. The maximum atomic E-state index is 13.5. The van der Waals surface area contributed by atoms with Gasteiger partial charge in [-0.05, 0) is 29.0 Å². The van der Waals surface area contributed by atoms with E-state index in [4.69, 9.17) is 0 Å². The number of fused-ring (bicyclic) bond motifs is 1. The van der Waals surface area contributed by atoms with Gasteiger partial charge in [0.25, 0.3) is 0 Å². The van der Waals surface area contributed by atoms with Crippen molar-refractivity contribution < 1.29 is 17.6 Å². The topological polar surface area (TPSA) is 75.3 Å². The second-order valence-electron chi connectivity index (χ2n) is 6.02. The molecule has 0 spiro atoms. The zero-order valence-electron chi connectivity index (χ0n) is 14.5. The minimum Gasteiger partial charge on any atom is -0.352 e. The van der Waals surface area contributed by atoms with E-state index >= 15 is 0 Å². The third-order valence-corrected chi connectivity index (χ3v) is 5.57. The molecule has 0 atom stereocenters. The van der Waals surface area contributed by atoms with Gasteiger partial charge in [0.15, 0.2) is 0 Å². The summed E-state index contributed by atoms with van der Waals surface area (Å²) in [6.07, 6.45) is -0.0404. The van der Waals surface area contributed by atoms with Crippen LogP contribution in [0.4, 0.5) is 4.39 Å². The van der Waals surface area contributed by atoms with E-state index in [0.29, 0.717) is 5.56 Å². The lowest BCUT2D eigenvalue weighted by Gasteiger charge is -2.09. The molecule has 1 amide bonds. The average Bonchev–Trinajstić information content (AvgIpc) is 2.67. The predicted octanol–water partition coefficient (Wildman–Crippen LogP) is 2.96. The summed E-state index contributed by atoms with van der Waals surface area (Å²) < 4.78 is 40.7. The Hall–Kier alpha value is -2.77. The largest absolute Gasteiger partial charge is 0.352 e. The van der Waals surface area contributed by atoms with Crippen LogP contribution in [-0.2, 0) is 21.4 Å². The Labute approximate surface area is 157 Å². The van der Waals surface area contributed by atoms with Gasteiger partial charge in [0.05, 0.1) is 4.90 Å². The number of hydrogen-bond donors (Lipinski definition) is 2. The van der Waals surface area contributed by atoms with Crippen LogP contribution in [0.3, 0.4) is 0 Å². The first-order valence-electron chi connectivity index (χ1n) is 8.44. The summed E-state index contributed by atoms with van der Waals surface area (Å²) in [5.41, 5.74) is 0.377. The molecule has 0 radical (unpaired) electrons. The van der Waals surface area contributed by atoms with Crippen molar-refractivity contribution in [1.29, 1.82) is 0 Å². The molecule has 0 bridgehead atoms. The van der Waals surface area contributed by atoms with Crippen LogP contribution in [0.25, 0.3) is 10.8 Å². The van der Waals surface area contributed by atoms with Gasteiger partial charge in [-0.2, -0.15) is 0 Å². The van der Waals surface area contributed by atoms with E-state index in [2.05, 4.69) is 10.0 Å². The zero-order valence-corrected chi connectivity index (χ0v) is 15.3. The number of carbonyl (C=O) groups excluding carboxylic acids is 1. The Morgan fingerprint density at radius 2 is 1.63 bits per heavy atom. The summed E-state index contributed by atoms with van der Waals surface area (Å²) in [4.78, 5) is 12.0. The molecule has 0 aromatic heterocycles. The molecule has 0 unspecified atom stereocenters. The van der Waals surface area contributed by atoms with Crippen LogP contribution in [-0.4, -0.2) is 20.9 Å². The number of sulfonamides is 1. The van der Waals surface area contributed by atoms with Crippen molar-refractivity contribution in [2.24, 2.45) is 0 Å². The third kappa shape index (κ3) is 4.90. The molecule has 3 rings (SSSR count). The summed E-state index contributed by atoms with van der Waals surface area (Å²) in [6, 6.07) is 18.5. The molecular formula is C20H19FN2O3S. The van der Waals surface area contributed by atoms with E-state index in [0.717, 1.165) is 10.8 Å². The van der Waals surface area contributed by atoms with Gasteiger partial charge in [0, 0.05) is 25.1 Å². The first-order valence-corrected chi connectivity index (χ1v) is 9.92. The molecule has 140 valence electrons. The molecule has 0 saturated heterocycles. The molecule has 7 heteroatoms. The highest BCUT2D eigenvalue weighted by Gasteiger charge is 2.14. The van der Waals surface area contributed by atoms with Crippen molar-refractivity contribution >= 4 is 26.7 Å². The van der Waals surface area contributed by atoms with Gasteiger partial charge >= 0.3 is 0 Å².